The van der Waals surface area contributed by atoms with Crippen molar-refractivity contribution in [3.63, 3.8) is 0 Å². The van der Waals surface area contributed by atoms with Gasteiger partial charge >= 0.3 is 15.6 Å². The van der Waals surface area contributed by atoms with Gasteiger partial charge in [0.15, 0.2) is 0 Å². The topological polar surface area (TPSA) is 69.4 Å². The van der Waals surface area contributed by atoms with Crippen LogP contribution in [0.5, 0.6) is 5.75 Å². The summed E-state index contributed by atoms with van der Waals surface area (Å²) in [6.07, 6.45) is 2.15. The van der Waals surface area contributed by atoms with E-state index in [0.717, 1.165) is 18.9 Å². The van der Waals surface area contributed by atoms with Crippen LogP contribution in [-0.2, 0) is 16.5 Å². The first-order valence-corrected chi connectivity index (χ1v) is 6.97. The average molecular weight is 297 g/mol. The summed E-state index contributed by atoms with van der Waals surface area (Å²) in [6, 6.07) is 5.57. The van der Waals surface area contributed by atoms with Crippen molar-refractivity contribution in [3.05, 3.63) is 29.8 Å². The number of nitrogens with two attached hydrogens (primary N) is 1. The van der Waals surface area contributed by atoms with Crippen molar-refractivity contribution < 1.29 is 25.8 Å². The van der Waals surface area contributed by atoms with E-state index in [0.29, 0.717) is 18.5 Å². The lowest BCUT2D eigenvalue weighted by atomic mass is 10.1. The molecule has 0 aliphatic carbocycles. The molecule has 2 N–H and O–H groups in total. The van der Waals surface area contributed by atoms with Crippen molar-refractivity contribution in [2.24, 2.45) is 5.73 Å². The van der Waals surface area contributed by atoms with Crippen molar-refractivity contribution in [2.75, 3.05) is 6.54 Å². The van der Waals surface area contributed by atoms with E-state index in [1.54, 1.807) is 6.07 Å². The molecule has 0 amide bonds. The molecular formula is C11H14F3NO3S. The molecular weight excluding hydrogens is 283 g/mol. The summed E-state index contributed by atoms with van der Waals surface area (Å²) >= 11 is 0. The van der Waals surface area contributed by atoms with Crippen LogP contribution in [0.4, 0.5) is 13.2 Å². The van der Waals surface area contributed by atoms with Crippen LogP contribution in [0.25, 0.3) is 0 Å². The summed E-state index contributed by atoms with van der Waals surface area (Å²) < 4.78 is 62.1. The number of rotatable bonds is 6. The molecule has 0 atom stereocenters. The Balaban J connectivity index is 2.78. The molecule has 0 radical (unpaired) electrons. The molecule has 1 aromatic rings. The Hall–Kier alpha value is -1.28. The maximum absolute atomic E-state index is 12.1. The summed E-state index contributed by atoms with van der Waals surface area (Å²) in [5.41, 5.74) is 0.594. The van der Waals surface area contributed by atoms with Gasteiger partial charge in [-0.3, -0.25) is 0 Å². The number of unbranched alkanes of at least 4 members (excludes halogenated alkanes) is 1. The van der Waals surface area contributed by atoms with Crippen LogP contribution < -0.4 is 9.92 Å². The minimum absolute atomic E-state index is 0.345. The van der Waals surface area contributed by atoms with Crippen molar-refractivity contribution in [2.45, 2.75) is 24.8 Å². The smallest absolute Gasteiger partial charge is 0.376 e. The molecule has 0 bridgehead atoms. The van der Waals surface area contributed by atoms with Crippen LogP contribution in [0.2, 0.25) is 0 Å². The van der Waals surface area contributed by atoms with E-state index in [-0.39, 0.29) is 5.75 Å². The molecule has 0 aliphatic heterocycles. The highest BCUT2D eigenvalue weighted by atomic mass is 32.2. The van der Waals surface area contributed by atoms with Gasteiger partial charge in [-0.1, -0.05) is 12.1 Å². The maximum Gasteiger partial charge on any atom is 0.534 e. The molecule has 4 nitrogen and oxygen atoms in total. The van der Waals surface area contributed by atoms with Gasteiger partial charge in [0, 0.05) is 0 Å². The standard InChI is InChI=1S/C11H14F3NO3S/c12-11(13,14)19(16,17)18-10-6-3-5-9(8-10)4-1-2-7-15/h3,5-6,8H,1-2,4,7,15H2. The van der Waals surface area contributed by atoms with Crippen molar-refractivity contribution >= 4 is 10.1 Å². The molecule has 0 fully saturated rings. The number of alkyl halides is 3. The van der Waals surface area contributed by atoms with E-state index >= 15 is 0 Å². The van der Waals surface area contributed by atoms with Crippen LogP contribution >= 0.6 is 0 Å². The van der Waals surface area contributed by atoms with Gasteiger partial charge in [0.25, 0.3) is 0 Å². The van der Waals surface area contributed by atoms with E-state index in [9.17, 15) is 21.6 Å². The van der Waals surface area contributed by atoms with Gasteiger partial charge in [0.05, 0.1) is 0 Å². The lowest BCUT2D eigenvalue weighted by Crippen LogP contribution is -2.28. The molecule has 1 rings (SSSR count). The summed E-state index contributed by atoms with van der Waals surface area (Å²) in [7, 11) is -5.61. The second kappa shape index (κ2) is 6.25. The third-order valence-corrected chi connectivity index (χ3v) is 3.29. The van der Waals surface area contributed by atoms with Gasteiger partial charge in [-0.15, -0.1) is 0 Å². The monoisotopic (exact) mass is 297 g/mol. The molecule has 1 aromatic carbocycles. The zero-order valence-corrected chi connectivity index (χ0v) is 10.8. The molecule has 0 unspecified atom stereocenters. The fourth-order valence-electron chi connectivity index (χ4n) is 1.40. The lowest BCUT2D eigenvalue weighted by Gasteiger charge is -2.10. The Morgan fingerprint density at radius 3 is 2.47 bits per heavy atom. The fourth-order valence-corrected chi connectivity index (χ4v) is 1.85. The van der Waals surface area contributed by atoms with E-state index in [1.807, 2.05) is 0 Å². The predicted molar refractivity (Wildman–Crippen MR) is 64.0 cm³/mol. The Morgan fingerprint density at radius 2 is 1.89 bits per heavy atom. The predicted octanol–water partition coefficient (Wildman–Crippen LogP) is 2.20. The van der Waals surface area contributed by atoms with Gasteiger partial charge in [0.2, 0.25) is 0 Å². The highest BCUT2D eigenvalue weighted by Crippen LogP contribution is 2.27. The molecule has 0 aromatic heterocycles. The molecule has 0 heterocycles. The number of aryl methyl sites for hydroxylation is 1. The van der Waals surface area contributed by atoms with Gasteiger partial charge in [0.1, 0.15) is 5.75 Å². The SMILES string of the molecule is NCCCCc1cccc(OS(=O)(=O)C(F)(F)F)c1. The van der Waals surface area contributed by atoms with Gasteiger partial charge in [-0.05, 0) is 43.5 Å². The average Bonchev–Trinajstić information content (AvgIpc) is 2.27. The minimum Gasteiger partial charge on any atom is -0.376 e. The first-order chi connectivity index (χ1) is 8.76. The summed E-state index contributed by atoms with van der Waals surface area (Å²) in [6.45, 7) is 0.526. The van der Waals surface area contributed by atoms with Gasteiger partial charge < -0.3 is 9.92 Å². The fraction of sp³-hybridized carbons (Fsp3) is 0.455. The quantitative estimate of drug-likeness (QED) is 0.496. The molecule has 0 saturated heterocycles. The minimum atomic E-state index is -5.61. The van der Waals surface area contributed by atoms with Crippen LogP contribution in [0.1, 0.15) is 18.4 Å². The Morgan fingerprint density at radius 1 is 1.21 bits per heavy atom. The van der Waals surface area contributed by atoms with Crippen LogP contribution in [0.15, 0.2) is 24.3 Å². The number of benzene rings is 1. The first-order valence-electron chi connectivity index (χ1n) is 5.56. The van der Waals surface area contributed by atoms with Crippen molar-refractivity contribution in [1.82, 2.24) is 0 Å². The highest BCUT2D eigenvalue weighted by molar-refractivity contribution is 7.87. The third kappa shape index (κ3) is 4.71. The van der Waals surface area contributed by atoms with E-state index in [4.69, 9.17) is 5.73 Å². The molecule has 0 spiro atoms. The second-order valence-corrected chi connectivity index (χ2v) is 5.41. The summed E-state index contributed by atoms with van der Waals surface area (Å²) in [5, 5.41) is 0. The van der Waals surface area contributed by atoms with Crippen molar-refractivity contribution in [3.8, 4) is 5.75 Å². The normalized spacial score (nSPS) is 12.4. The Kier molecular flexibility index (Phi) is 5.19. The number of hydrogen-bond acceptors (Lipinski definition) is 4. The Bertz CT molecular complexity index is 514. The van der Waals surface area contributed by atoms with E-state index < -0.39 is 15.6 Å². The van der Waals surface area contributed by atoms with E-state index in [1.165, 1.54) is 12.1 Å². The van der Waals surface area contributed by atoms with Gasteiger partial charge in [-0.25, -0.2) is 0 Å². The Labute approximate surface area is 109 Å². The number of halogens is 3. The summed E-state index contributed by atoms with van der Waals surface area (Å²) in [4.78, 5) is 0. The molecule has 108 valence electrons. The largest absolute Gasteiger partial charge is 0.534 e. The van der Waals surface area contributed by atoms with E-state index in [2.05, 4.69) is 4.18 Å². The summed E-state index contributed by atoms with van der Waals surface area (Å²) in [5.74, 6) is -0.345. The molecule has 8 heteroatoms. The maximum atomic E-state index is 12.1. The van der Waals surface area contributed by atoms with Gasteiger partial charge in [-0.2, -0.15) is 21.6 Å². The zero-order valence-electron chi connectivity index (χ0n) is 9.98. The molecule has 19 heavy (non-hydrogen) atoms. The van der Waals surface area contributed by atoms with Crippen LogP contribution in [-0.4, -0.2) is 20.5 Å². The third-order valence-electron chi connectivity index (χ3n) is 2.31. The zero-order chi connectivity index (χ0) is 14.5. The highest BCUT2D eigenvalue weighted by Gasteiger charge is 2.48. The van der Waals surface area contributed by atoms with Crippen LogP contribution in [0.3, 0.4) is 0 Å². The second-order valence-electron chi connectivity index (χ2n) is 3.88. The molecule has 0 saturated carbocycles. The van der Waals surface area contributed by atoms with Crippen molar-refractivity contribution in [1.29, 1.82) is 0 Å². The lowest BCUT2D eigenvalue weighted by molar-refractivity contribution is -0.0500. The van der Waals surface area contributed by atoms with Crippen LogP contribution in [0, 0.1) is 0 Å². The molecule has 0 aliphatic rings. The number of hydrogen-bond donors (Lipinski definition) is 1. The first kappa shape index (κ1) is 15.8.